The van der Waals surface area contributed by atoms with Crippen molar-refractivity contribution in [3.8, 4) is 0 Å². The minimum absolute atomic E-state index is 0.172. The number of hydrogen-bond donors (Lipinski definition) is 1. The van der Waals surface area contributed by atoms with E-state index in [4.69, 9.17) is 5.73 Å². The third kappa shape index (κ3) is 2.55. The van der Waals surface area contributed by atoms with E-state index < -0.39 is 0 Å². The van der Waals surface area contributed by atoms with Gasteiger partial charge in [0, 0.05) is 16.1 Å². The smallest absolute Gasteiger partial charge is 0.130 e. The van der Waals surface area contributed by atoms with Gasteiger partial charge in [0.15, 0.2) is 0 Å². The summed E-state index contributed by atoms with van der Waals surface area (Å²) < 4.78 is 14.5. The molecule has 0 spiro atoms. The number of nitrogens with two attached hydrogens (primary N) is 1. The first-order valence-electron chi connectivity index (χ1n) is 4.77. The molecule has 0 heterocycles. The van der Waals surface area contributed by atoms with E-state index in [1.165, 1.54) is 0 Å². The summed E-state index contributed by atoms with van der Waals surface area (Å²) in [4.78, 5) is 0. The Labute approximate surface area is 92.6 Å². The molecule has 1 atom stereocenters. The maximum absolute atomic E-state index is 13.7. The van der Waals surface area contributed by atoms with Gasteiger partial charge in [0.2, 0.25) is 0 Å². The minimum atomic E-state index is -0.198. The molecule has 0 fully saturated rings. The lowest BCUT2D eigenvalue weighted by atomic mass is 10.0. The maximum atomic E-state index is 13.7. The molecule has 0 radical (unpaired) electrons. The van der Waals surface area contributed by atoms with Gasteiger partial charge in [-0.25, -0.2) is 4.39 Å². The minimum Gasteiger partial charge on any atom is -0.324 e. The summed E-state index contributed by atoms with van der Waals surface area (Å²) in [7, 11) is 0. The summed E-state index contributed by atoms with van der Waals surface area (Å²) >= 11 is 3.34. The van der Waals surface area contributed by atoms with Gasteiger partial charge in [-0.3, -0.25) is 0 Å². The Hall–Kier alpha value is -0.410. The molecule has 0 amide bonds. The Morgan fingerprint density at radius 1 is 1.50 bits per heavy atom. The first kappa shape index (κ1) is 11.7. The van der Waals surface area contributed by atoms with E-state index in [1.807, 2.05) is 6.92 Å². The first-order chi connectivity index (χ1) is 6.56. The molecule has 0 unspecified atom stereocenters. The van der Waals surface area contributed by atoms with Gasteiger partial charge in [-0.15, -0.1) is 0 Å². The Bertz CT molecular complexity index is 325. The van der Waals surface area contributed by atoms with Crippen molar-refractivity contribution in [1.82, 2.24) is 0 Å². The van der Waals surface area contributed by atoms with Crippen LogP contribution in [0, 0.1) is 12.7 Å². The molecule has 0 aliphatic carbocycles. The lowest BCUT2D eigenvalue weighted by Gasteiger charge is -2.13. The predicted molar refractivity (Wildman–Crippen MR) is 60.7 cm³/mol. The Morgan fingerprint density at radius 2 is 2.14 bits per heavy atom. The van der Waals surface area contributed by atoms with Crippen LogP contribution in [0.15, 0.2) is 16.6 Å². The van der Waals surface area contributed by atoms with Crippen molar-refractivity contribution >= 4 is 15.9 Å². The summed E-state index contributed by atoms with van der Waals surface area (Å²) in [6, 6.07) is 3.33. The zero-order valence-corrected chi connectivity index (χ0v) is 10.1. The van der Waals surface area contributed by atoms with Crippen LogP contribution in [-0.4, -0.2) is 0 Å². The lowest BCUT2D eigenvalue weighted by molar-refractivity contribution is 0.553. The molecule has 0 saturated carbocycles. The van der Waals surface area contributed by atoms with Crippen LogP contribution < -0.4 is 5.73 Å². The van der Waals surface area contributed by atoms with Gasteiger partial charge in [0.25, 0.3) is 0 Å². The van der Waals surface area contributed by atoms with Crippen LogP contribution in [0.25, 0.3) is 0 Å². The molecule has 1 aromatic rings. The van der Waals surface area contributed by atoms with Crippen LogP contribution in [0.4, 0.5) is 4.39 Å². The molecule has 2 N–H and O–H groups in total. The molecule has 78 valence electrons. The van der Waals surface area contributed by atoms with Crippen LogP contribution in [0.2, 0.25) is 0 Å². The van der Waals surface area contributed by atoms with Crippen molar-refractivity contribution in [3.05, 3.63) is 33.5 Å². The molecule has 1 aromatic carbocycles. The number of aryl methyl sites for hydroxylation is 1. The van der Waals surface area contributed by atoms with E-state index in [-0.39, 0.29) is 11.9 Å². The molecule has 0 aromatic heterocycles. The summed E-state index contributed by atoms with van der Waals surface area (Å²) in [5.41, 5.74) is 7.13. The molecule has 1 nitrogen and oxygen atoms in total. The standard InChI is InChI=1S/C11H15BrFN/c1-3-4-10(14)9-6-8(12)5-7(2)11(9)13/h5-6,10H,3-4,14H2,1-2H3/t10-/m0/s1. The predicted octanol–water partition coefficient (Wildman–Crippen LogP) is 3.70. The molecule has 1 rings (SSSR count). The highest BCUT2D eigenvalue weighted by Crippen LogP contribution is 2.25. The van der Waals surface area contributed by atoms with Crippen LogP contribution >= 0.6 is 15.9 Å². The van der Waals surface area contributed by atoms with Gasteiger partial charge in [-0.1, -0.05) is 29.3 Å². The fourth-order valence-corrected chi connectivity index (χ4v) is 2.08. The summed E-state index contributed by atoms with van der Waals surface area (Å²) in [5.74, 6) is -0.172. The normalized spacial score (nSPS) is 12.9. The second-order valence-electron chi connectivity index (χ2n) is 3.52. The van der Waals surface area contributed by atoms with Crippen LogP contribution in [0.1, 0.15) is 36.9 Å². The SMILES string of the molecule is CCC[C@H](N)c1cc(Br)cc(C)c1F. The molecular formula is C11H15BrFN. The van der Waals surface area contributed by atoms with Gasteiger partial charge in [0.1, 0.15) is 5.82 Å². The molecule has 0 bridgehead atoms. The van der Waals surface area contributed by atoms with Gasteiger partial charge < -0.3 is 5.73 Å². The van der Waals surface area contributed by atoms with E-state index in [2.05, 4.69) is 15.9 Å². The fraction of sp³-hybridized carbons (Fsp3) is 0.455. The van der Waals surface area contributed by atoms with Crippen LogP contribution in [-0.2, 0) is 0 Å². The van der Waals surface area contributed by atoms with Gasteiger partial charge in [-0.2, -0.15) is 0 Å². The Morgan fingerprint density at radius 3 is 2.71 bits per heavy atom. The highest BCUT2D eigenvalue weighted by molar-refractivity contribution is 9.10. The average Bonchev–Trinajstić information content (AvgIpc) is 2.11. The molecule has 14 heavy (non-hydrogen) atoms. The summed E-state index contributed by atoms with van der Waals surface area (Å²) in [6.45, 7) is 3.80. The number of benzene rings is 1. The number of rotatable bonds is 3. The number of halogens is 2. The summed E-state index contributed by atoms with van der Waals surface area (Å²) in [6.07, 6.45) is 1.78. The Balaban J connectivity index is 3.07. The molecule has 0 aliphatic heterocycles. The second kappa shape index (κ2) is 4.89. The third-order valence-electron chi connectivity index (χ3n) is 2.25. The van der Waals surface area contributed by atoms with E-state index in [9.17, 15) is 4.39 Å². The topological polar surface area (TPSA) is 26.0 Å². The fourth-order valence-electron chi connectivity index (χ4n) is 1.49. The van der Waals surface area contributed by atoms with Crippen LogP contribution in [0.5, 0.6) is 0 Å². The summed E-state index contributed by atoms with van der Waals surface area (Å²) in [5, 5.41) is 0. The lowest BCUT2D eigenvalue weighted by Crippen LogP contribution is -2.12. The van der Waals surface area contributed by atoms with E-state index >= 15 is 0 Å². The maximum Gasteiger partial charge on any atom is 0.130 e. The quantitative estimate of drug-likeness (QED) is 0.881. The van der Waals surface area contributed by atoms with E-state index in [0.29, 0.717) is 11.1 Å². The van der Waals surface area contributed by atoms with Crippen molar-refractivity contribution in [2.24, 2.45) is 5.73 Å². The highest BCUT2D eigenvalue weighted by Gasteiger charge is 2.13. The largest absolute Gasteiger partial charge is 0.324 e. The first-order valence-corrected chi connectivity index (χ1v) is 5.56. The van der Waals surface area contributed by atoms with E-state index in [0.717, 1.165) is 17.3 Å². The van der Waals surface area contributed by atoms with Crippen molar-refractivity contribution in [3.63, 3.8) is 0 Å². The zero-order chi connectivity index (χ0) is 10.7. The van der Waals surface area contributed by atoms with Crippen molar-refractivity contribution in [1.29, 1.82) is 0 Å². The third-order valence-corrected chi connectivity index (χ3v) is 2.70. The van der Waals surface area contributed by atoms with Gasteiger partial charge >= 0.3 is 0 Å². The van der Waals surface area contributed by atoms with Crippen molar-refractivity contribution < 1.29 is 4.39 Å². The van der Waals surface area contributed by atoms with Crippen LogP contribution in [0.3, 0.4) is 0 Å². The zero-order valence-electron chi connectivity index (χ0n) is 8.48. The Kier molecular flexibility index (Phi) is 4.08. The molecule has 0 aliphatic rings. The average molecular weight is 260 g/mol. The highest BCUT2D eigenvalue weighted by atomic mass is 79.9. The molecule has 3 heteroatoms. The van der Waals surface area contributed by atoms with E-state index in [1.54, 1.807) is 19.1 Å². The van der Waals surface area contributed by atoms with Gasteiger partial charge in [0.05, 0.1) is 0 Å². The monoisotopic (exact) mass is 259 g/mol. The van der Waals surface area contributed by atoms with Crippen molar-refractivity contribution in [2.75, 3.05) is 0 Å². The van der Waals surface area contributed by atoms with Gasteiger partial charge in [-0.05, 0) is 31.0 Å². The molecular weight excluding hydrogens is 245 g/mol. The van der Waals surface area contributed by atoms with Crippen molar-refractivity contribution in [2.45, 2.75) is 32.7 Å². The number of hydrogen-bond acceptors (Lipinski definition) is 1. The second-order valence-corrected chi connectivity index (χ2v) is 4.44. The molecule has 0 saturated heterocycles.